The van der Waals surface area contributed by atoms with Crippen LogP contribution in [0.3, 0.4) is 0 Å². The zero-order valence-corrected chi connectivity index (χ0v) is 40.0. The highest BCUT2D eigenvalue weighted by atomic mass is 35.6. The van der Waals surface area contributed by atoms with Gasteiger partial charge in [-0.1, -0.05) is 89.4 Å². The normalized spacial score (nSPS) is 21.9. The number of amides is 1. The Morgan fingerprint density at radius 1 is 0.985 bits per heavy atom. The van der Waals surface area contributed by atoms with Crippen LogP contribution in [0.4, 0.5) is 4.79 Å². The lowest BCUT2D eigenvalue weighted by molar-refractivity contribution is -0.150. The van der Waals surface area contributed by atoms with E-state index in [0.717, 1.165) is 27.8 Å². The summed E-state index contributed by atoms with van der Waals surface area (Å²) in [6.45, 7) is 2.77. The molecule has 2 bridgehead atoms. The number of nitriles is 1. The average Bonchev–Trinajstić information content (AvgIpc) is 3.91. The number of likely N-dealkylation sites (N-methyl/N-ethyl adjacent to an activating group) is 1. The molecule has 1 saturated heterocycles. The number of thioether (sulfide) groups is 1. The van der Waals surface area contributed by atoms with E-state index in [-0.39, 0.29) is 49.7 Å². The monoisotopic (exact) mass is 978 g/mol. The Balaban J connectivity index is 1.06. The van der Waals surface area contributed by atoms with Crippen LogP contribution in [-0.2, 0) is 31.8 Å². The fraction of sp³-hybridized carbons (Fsp3) is 0.438. The summed E-state index contributed by atoms with van der Waals surface area (Å²) in [6.07, 6.45) is -0.172. The molecule has 0 saturated carbocycles. The van der Waals surface area contributed by atoms with Crippen molar-refractivity contribution in [3.63, 3.8) is 0 Å². The molecule has 6 atom stereocenters. The van der Waals surface area contributed by atoms with Crippen LogP contribution < -0.4 is 24.3 Å². The molecule has 0 radical (unpaired) electrons. The first-order valence-corrected chi connectivity index (χ1v) is 23.8. The van der Waals surface area contributed by atoms with E-state index in [9.17, 15) is 20.0 Å². The molecule has 4 aromatic carbocycles. The van der Waals surface area contributed by atoms with Gasteiger partial charge in [0.2, 0.25) is 10.6 Å². The van der Waals surface area contributed by atoms with Crippen LogP contribution in [0.1, 0.15) is 62.5 Å². The number of alkyl carbamates (subject to hydrolysis) is 1. The molecule has 4 aromatic rings. The van der Waals surface area contributed by atoms with Gasteiger partial charge in [-0.15, -0.1) is 0 Å². The number of hydrogen-bond donors (Lipinski definition) is 2. The summed E-state index contributed by atoms with van der Waals surface area (Å²) in [5, 5.41) is 25.8. The number of alkyl halides is 3. The number of phenols is 1. The molecule has 1 aliphatic carbocycles. The van der Waals surface area contributed by atoms with E-state index in [1.807, 2.05) is 38.2 Å². The van der Waals surface area contributed by atoms with Crippen molar-refractivity contribution >= 4 is 58.6 Å². The summed E-state index contributed by atoms with van der Waals surface area (Å²) in [6, 6.07) is 17.3. The molecule has 14 nitrogen and oxygen atoms in total. The maximum atomic E-state index is 14.6. The highest BCUT2D eigenvalue weighted by Gasteiger charge is 2.57. The number of benzene rings is 4. The molecule has 0 aromatic heterocycles. The number of esters is 1. The molecule has 0 spiro atoms. The van der Waals surface area contributed by atoms with E-state index in [1.54, 1.807) is 21.1 Å². The number of aromatic hydroxyl groups is 1. The summed E-state index contributed by atoms with van der Waals surface area (Å²) in [7, 11) is 5.15. The predicted molar refractivity (Wildman–Crippen MR) is 249 cm³/mol. The van der Waals surface area contributed by atoms with Crippen LogP contribution in [0.2, 0.25) is 0 Å². The summed E-state index contributed by atoms with van der Waals surface area (Å²) >= 11 is 19.2. The first-order valence-electron chi connectivity index (χ1n) is 21.5. The molecule has 2 N–H and O–H groups in total. The molecule has 4 aliphatic heterocycles. The number of carbonyl (C=O) groups excluding carboxylic acids is 2. The molecule has 1 amide bonds. The summed E-state index contributed by atoms with van der Waals surface area (Å²) in [5.74, 6) is 1.93. The third-order valence-electron chi connectivity index (χ3n) is 13.5. The minimum absolute atomic E-state index is 0.0274. The van der Waals surface area contributed by atoms with Crippen molar-refractivity contribution in [3.05, 3.63) is 99.1 Å². The highest BCUT2D eigenvalue weighted by molar-refractivity contribution is 7.99. The van der Waals surface area contributed by atoms with Gasteiger partial charge in [-0.25, -0.2) is 9.59 Å². The van der Waals surface area contributed by atoms with Gasteiger partial charge in [0.1, 0.15) is 31.0 Å². The Hall–Kier alpha value is -4.79. The third-order valence-corrected chi connectivity index (χ3v) is 14.9. The number of methoxy groups -OCH3 is 2. The molecule has 9 rings (SSSR count). The molecule has 2 unspecified atom stereocenters. The van der Waals surface area contributed by atoms with E-state index in [0.29, 0.717) is 58.3 Å². The lowest BCUT2D eigenvalue weighted by atomic mass is 9.71. The molecule has 1 fully saturated rings. The molecular weight excluding hydrogens is 931 g/mol. The van der Waals surface area contributed by atoms with Crippen molar-refractivity contribution in [3.8, 4) is 45.9 Å². The van der Waals surface area contributed by atoms with Crippen molar-refractivity contribution in [1.29, 1.82) is 5.26 Å². The van der Waals surface area contributed by atoms with Gasteiger partial charge < -0.3 is 43.6 Å². The zero-order valence-electron chi connectivity index (χ0n) is 36.9. The largest absolute Gasteiger partial charge is 0.507 e. The number of rotatable bonds is 13. The predicted octanol–water partition coefficient (Wildman–Crippen LogP) is 8.05. The van der Waals surface area contributed by atoms with E-state index in [4.69, 9.17) is 68.0 Å². The summed E-state index contributed by atoms with van der Waals surface area (Å²) in [5.41, 5.74) is 9.14. The Labute approximate surface area is 402 Å². The standard InChI is InChI=1S/C48H49Cl3N4O10S/c1-24-14-26-15-34-36(17-52)55-35(40(54(34)3)38(26)44(42(24)60-5)63-22-59-4)16-31-39(45-43(64-23-65-45)25(2)41(31)56)37(55)18-61-46(57)33(53-47(58)62-21-48(49,50)51)20-66-19-32-29-12-8-6-10-27(29)28-11-7-9-13-30(28)32/h6-14,32-37,40,56H,15-16,18-23H2,1-5H3,(H,53,58)/t33-,34+,35?,36?,37+,40+/m1/s1. The van der Waals surface area contributed by atoms with Crippen LogP contribution in [0.5, 0.6) is 28.7 Å². The number of hydrogen-bond acceptors (Lipinski definition) is 14. The van der Waals surface area contributed by atoms with Crippen molar-refractivity contribution in [2.45, 2.75) is 72.7 Å². The number of halogens is 3. The molecular formula is C48H49Cl3N4O10S. The summed E-state index contributed by atoms with van der Waals surface area (Å²) < 4.78 is 39.3. The highest BCUT2D eigenvalue weighted by Crippen LogP contribution is 2.58. The Morgan fingerprint density at radius 3 is 2.35 bits per heavy atom. The van der Waals surface area contributed by atoms with Crippen LogP contribution >= 0.6 is 46.6 Å². The lowest BCUT2D eigenvalue weighted by Crippen LogP contribution is -2.68. The molecule has 5 aliphatic rings. The van der Waals surface area contributed by atoms with Gasteiger partial charge in [0.15, 0.2) is 29.8 Å². The summed E-state index contributed by atoms with van der Waals surface area (Å²) in [4.78, 5) is 32.1. The third kappa shape index (κ3) is 8.22. The first-order chi connectivity index (χ1) is 31.8. The number of carbonyl (C=O) groups is 2. The second-order valence-electron chi connectivity index (χ2n) is 17.1. The fourth-order valence-corrected chi connectivity index (χ4v) is 12.1. The molecule has 4 heterocycles. The molecule has 66 heavy (non-hydrogen) atoms. The van der Waals surface area contributed by atoms with Crippen LogP contribution in [0.25, 0.3) is 11.1 Å². The van der Waals surface area contributed by atoms with E-state index in [1.165, 1.54) is 22.9 Å². The number of nitrogens with zero attached hydrogens (tertiary/aromatic N) is 3. The topological polar surface area (TPSA) is 161 Å². The SMILES string of the molecule is COCOc1c(OC)c(C)cc2c1[C@@H]1C3Cc4c(O)c(C)c5c(c4[C@H](COC(=O)[C@@H](CSCC4c6ccccc6-c6ccccc64)NC(=O)OCC(Cl)(Cl)Cl)N3C(C#N)[C@H](C2)N1C)OCO5. The quantitative estimate of drug-likeness (QED) is 0.0752. The average molecular weight is 980 g/mol. The second-order valence-corrected chi connectivity index (χ2v) is 20.7. The van der Waals surface area contributed by atoms with Gasteiger partial charge in [-0.3, -0.25) is 9.80 Å². The molecule has 18 heteroatoms. The number of fused-ring (bicyclic) bond motifs is 12. The minimum Gasteiger partial charge on any atom is -0.507 e. The second kappa shape index (κ2) is 18.7. The number of phenolic OH excluding ortho intramolecular Hbond substituents is 1. The lowest BCUT2D eigenvalue weighted by Gasteiger charge is -2.59. The molecule has 348 valence electrons. The van der Waals surface area contributed by atoms with Gasteiger partial charge in [0.05, 0.1) is 25.3 Å². The minimum atomic E-state index is -1.88. The smallest absolute Gasteiger partial charge is 0.408 e. The number of aryl methyl sites for hydroxylation is 1. The van der Waals surface area contributed by atoms with Gasteiger partial charge in [-0.05, 0) is 67.1 Å². The number of ether oxygens (including phenoxy) is 7. The van der Waals surface area contributed by atoms with Crippen molar-refractivity contribution < 1.29 is 47.9 Å². The van der Waals surface area contributed by atoms with E-state index in [2.05, 4.69) is 51.5 Å². The van der Waals surface area contributed by atoms with Gasteiger partial charge in [0.25, 0.3) is 0 Å². The van der Waals surface area contributed by atoms with E-state index >= 15 is 0 Å². The van der Waals surface area contributed by atoms with Gasteiger partial charge in [-0.2, -0.15) is 17.0 Å². The van der Waals surface area contributed by atoms with Crippen LogP contribution in [0.15, 0.2) is 54.6 Å². The van der Waals surface area contributed by atoms with Crippen molar-refractivity contribution in [1.82, 2.24) is 15.1 Å². The van der Waals surface area contributed by atoms with Crippen LogP contribution in [-0.4, -0.2) is 115 Å². The zero-order chi connectivity index (χ0) is 46.6. The van der Waals surface area contributed by atoms with E-state index < -0.39 is 46.6 Å². The maximum absolute atomic E-state index is 14.6. The Kier molecular flexibility index (Phi) is 13.1. The number of nitrogens with one attached hydrogen (secondary N) is 1. The number of piperazine rings is 1. The fourth-order valence-electron chi connectivity index (χ4n) is 10.7. The van der Waals surface area contributed by atoms with Gasteiger partial charge in [0, 0.05) is 58.9 Å². The van der Waals surface area contributed by atoms with Gasteiger partial charge >= 0.3 is 12.1 Å². The Bertz CT molecular complexity index is 2560. The van der Waals surface area contributed by atoms with Crippen molar-refractivity contribution in [2.24, 2.45) is 0 Å². The maximum Gasteiger partial charge on any atom is 0.408 e. The first kappa shape index (κ1) is 46.3. The van der Waals surface area contributed by atoms with Crippen molar-refractivity contribution in [2.75, 3.05) is 59.6 Å². The Morgan fingerprint density at radius 2 is 1.68 bits per heavy atom. The van der Waals surface area contributed by atoms with Crippen LogP contribution in [0, 0.1) is 25.2 Å².